The molecule has 1 aromatic carbocycles. The summed E-state index contributed by atoms with van der Waals surface area (Å²) >= 11 is 1.72. The van der Waals surface area contributed by atoms with Gasteiger partial charge < -0.3 is 19.7 Å². The van der Waals surface area contributed by atoms with Gasteiger partial charge >= 0.3 is 0 Å². The number of ether oxygens (including phenoxy) is 2. The van der Waals surface area contributed by atoms with Crippen molar-refractivity contribution in [1.29, 1.82) is 0 Å². The molecule has 5 rings (SSSR count). The first-order valence-corrected chi connectivity index (χ1v) is 11.4. The topological polar surface area (TPSA) is 46.6 Å². The van der Waals surface area contributed by atoms with Gasteiger partial charge in [-0.25, -0.2) is 4.98 Å². The van der Waals surface area contributed by atoms with E-state index in [9.17, 15) is 0 Å². The number of thiazole rings is 1. The molecule has 0 fully saturated rings. The molecule has 5 nitrogen and oxygen atoms in total. The van der Waals surface area contributed by atoms with Crippen molar-refractivity contribution in [3.63, 3.8) is 0 Å². The van der Waals surface area contributed by atoms with E-state index in [4.69, 9.17) is 14.5 Å². The molecule has 160 valence electrons. The fourth-order valence-corrected chi connectivity index (χ4v) is 5.13. The standard InChI is InChI=1S/C25H27N3O2S/c1-16-7-9-28-10-8-18(14-19(28)11-16)26-24-27-23(25(2,3)4)22(31-24)13-17-5-6-20-21(12-17)30-15-29-20/h5-12,14,16H,13,15H2,1-4H3,(H,26,27). The molecule has 2 aromatic rings. The second-order valence-corrected chi connectivity index (χ2v) is 10.2. The number of nitrogens with one attached hydrogen (secondary N) is 1. The van der Waals surface area contributed by atoms with E-state index in [0.717, 1.165) is 34.4 Å². The highest BCUT2D eigenvalue weighted by Gasteiger charge is 2.25. The molecule has 0 aliphatic carbocycles. The average molecular weight is 434 g/mol. The molecule has 0 saturated heterocycles. The lowest BCUT2D eigenvalue weighted by atomic mass is 9.90. The molecule has 0 radical (unpaired) electrons. The van der Waals surface area contributed by atoms with Crippen LogP contribution in [0.5, 0.6) is 11.5 Å². The number of allylic oxidation sites excluding steroid dienone is 4. The van der Waals surface area contributed by atoms with Crippen molar-refractivity contribution in [2.45, 2.75) is 39.5 Å². The summed E-state index contributed by atoms with van der Waals surface area (Å²) in [5, 5.41) is 4.46. The molecule has 1 atom stereocenters. The van der Waals surface area contributed by atoms with Crippen LogP contribution in [0.2, 0.25) is 0 Å². The molecule has 3 aliphatic rings. The molecule has 3 aliphatic heterocycles. The Balaban J connectivity index is 1.40. The van der Waals surface area contributed by atoms with Crippen molar-refractivity contribution < 1.29 is 9.47 Å². The zero-order valence-electron chi connectivity index (χ0n) is 18.3. The predicted molar refractivity (Wildman–Crippen MR) is 125 cm³/mol. The number of hydrogen-bond donors (Lipinski definition) is 1. The van der Waals surface area contributed by atoms with Crippen LogP contribution < -0.4 is 14.8 Å². The summed E-state index contributed by atoms with van der Waals surface area (Å²) in [6.07, 6.45) is 13.7. The van der Waals surface area contributed by atoms with Gasteiger partial charge in [0.25, 0.3) is 0 Å². The summed E-state index contributed by atoms with van der Waals surface area (Å²) in [6.45, 7) is 9.14. The summed E-state index contributed by atoms with van der Waals surface area (Å²) in [4.78, 5) is 8.40. The van der Waals surface area contributed by atoms with Crippen molar-refractivity contribution in [2.75, 3.05) is 12.1 Å². The van der Waals surface area contributed by atoms with Crippen LogP contribution >= 0.6 is 11.3 Å². The molecule has 1 N–H and O–H groups in total. The summed E-state index contributed by atoms with van der Waals surface area (Å²) in [5.41, 5.74) is 4.53. The van der Waals surface area contributed by atoms with Crippen LogP contribution in [-0.2, 0) is 11.8 Å². The number of nitrogens with zero attached hydrogens (tertiary/aromatic N) is 2. The fourth-order valence-electron chi connectivity index (χ4n) is 3.90. The maximum absolute atomic E-state index is 5.55. The lowest BCUT2D eigenvalue weighted by Gasteiger charge is -2.26. The van der Waals surface area contributed by atoms with Crippen LogP contribution in [0.4, 0.5) is 5.13 Å². The molecule has 1 unspecified atom stereocenters. The number of aromatic nitrogens is 1. The highest BCUT2D eigenvalue weighted by molar-refractivity contribution is 7.15. The smallest absolute Gasteiger partial charge is 0.231 e. The van der Waals surface area contributed by atoms with E-state index < -0.39 is 0 Å². The molecule has 0 bridgehead atoms. The highest BCUT2D eigenvalue weighted by atomic mass is 32.1. The van der Waals surface area contributed by atoms with Crippen LogP contribution in [-0.4, -0.2) is 16.7 Å². The summed E-state index contributed by atoms with van der Waals surface area (Å²) < 4.78 is 11.0. The monoisotopic (exact) mass is 433 g/mol. The molecule has 0 spiro atoms. The van der Waals surface area contributed by atoms with E-state index in [1.165, 1.54) is 16.1 Å². The van der Waals surface area contributed by atoms with Gasteiger partial charge in [0.1, 0.15) is 0 Å². The Kier molecular flexibility index (Phi) is 4.89. The van der Waals surface area contributed by atoms with E-state index >= 15 is 0 Å². The number of benzene rings is 1. The number of fused-ring (bicyclic) bond motifs is 2. The van der Waals surface area contributed by atoms with Gasteiger partial charge in [-0.3, -0.25) is 0 Å². The summed E-state index contributed by atoms with van der Waals surface area (Å²) in [5.74, 6) is 2.08. The minimum atomic E-state index is -0.0399. The van der Waals surface area contributed by atoms with Crippen molar-refractivity contribution >= 4 is 16.5 Å². The third kappa shape index (κ3) is 4.12. The lowest BCUT2D eigenvalue weighted by Crippen LogP contribution is -2.17. The third-order valence-corrected chi connectivity index (χ3v) is 6.43. The number of hydrogen-bond acceptors (Lipinski definition) is 6. The molecule has 4 heterocycles. The van der Waals surface area contributed by atoms with Gasteiger partial charge in [0.2, 0.25) is 6.79 Å². The first-order chi connectivity index (χ1) is 14.8. The van der Waals surface area contributed by atoms with Gasteiger partial charge in [0.05, 0.1) is 5.69 Å². The second-order valence-electron chi connectivity index (χ2n) is 9.15. The van der Waals surface area contributed by atoms with Gasteiger partial charge in [0, 0.05) is 40.5 Å². The van der Waals surface area contributed by atoms with E-state index in [0.29, 0.717) is 12.7 Å². The van der Waals surface area contributed by atoms with E-state index in [1.807, 2.05) is 6.07 Å². The largest absolute Gasteiger partial charge is 0.454 e. The quantitative estimate of drug-likeness (QED) is 0.647. The van der Waals surface area contributed by atoms with Crippen molar-refractivity contribution in [3.05, 3.63) is 82.4 Å². The lowest BCUT2D eigenvalue weighted by molar-refractivity contribution is 0.174. The first-order valence-electron chi connectivity index (χ1n) is 10.6. The Bertz CT molecular complexity index is 1130. The Hall–Kier alpha value is -2.99. The Labute approximate surface area is 187 Å². The molecular weight excluding hydrogens is 406 g/mol. The van der Waals surface area contributed by atoms with Gasteiger partial charge in [-0.1, -0.05) is 45.9 Å². The average Bonchev–Trinajstić information content (AvgIpc) is 3.34. The number of anilines is 1. The third-order valence-electron chi connectivity index (χ3n) is 5.46. The Morgan fingerprint density at radius 1 is 1.19 bits per heavy atom. The van der Waals surface area contributed by atoms with Crippen LogP contribution in [0.3, 0.4) is 0 Å². The predicted octanol–water partition coefficient (Wildman–Crippen LogP) is 5.93. The maximum atomic E-state index is 5.55. The van der Waals surface area contributed by atoms with Crippen molar-refractivity contribution in [1.82, 2.24) is 9.88 Å². The van der Waals surface area contributed by atoms with Gasteiger partial charge in [-0.15, -0.1) is 11.3 Å². The molecule has 31 heavy (non-hydrogen) atoms. The molecule has 0 amide bonds. The van der Waals surface area contributed by atoms with Crippen LogP contribution in [0.15, 0.2) is 66.3 Å². The normalized spacial score (nSPS) is 19.2. The minimum Gasteiger partial charge on any atom is -0.454 e. The summed E-state index contributed by atoms with van der Waals surface area (Å²) in [6, 6.07) is 6.18. The highest BCUT2D eigenvalue weighted by Crippen LogP contribution is 2.37. The van der Waals surface area contributed by atoms with Gasteiger partial charge in [-0.05, 0) is 35.8 Å². The molecule has 6 heteroatoms. The SMILES string of the molecule is CC1C=CN2C=CC(Nc3nc(C(C)(C)C)c(Cc4ccc5c(c4)OCO5)s3)=CC2=C1. The van der Waals surface area contributed by atoms with E-state index in [2.05, 4.69) is 86.7 Å². The minimum absolute atomic E-state index is 0.0399. The maximum Gasteiger partial charge on any atom is 0.231 e. The van der Waals surface area contributed by atoms with E-state index in [-0.39, 0.29) is 5.41 Å². The van der Waals surface area contributed by atoms with Gasteiger partial charge in [-0.2, -0.15) is 0 Å². The first kappa shape index (κ1) is 19.9. The zero-order chi connectivity index (χ0) is 21.6. The molecule has 0 saturated carbocycles. The van der Waals surface area contributed by atoms with Crippen molar-refractivity contribution in [2.24, 2.45) is 5.92 Å². The Morgan fingerprint density at radius 2 is 2.03 bits per heavy atom. The summed E-state index contributed by atoms with van der Waals surface area (Å²) in [7, 11) is 0. The van der Waals surface area contributed by atoms with Crippen LogP contribution in [0, 0.1) is 5.92 Å². The fraction of sp³-hybridized carbons (Fsp3) is 0.320. The van der Waals surface area contributed by atoms with Crippen LogP contribution in [0.1, 0.15) is 43.8 Å². The molecular formula is C25H27N3O2S. The van der Waals surface area contributed by atoms with E-state index in [1.54, 1.807) is 11.3 Å². The Morgan fingerprint density at radius 3 is 2.87 bits per heavy atom. The van der Waals surface area contributed by atoms with Crippen molar-refractivity contribution in [3.8, 4) is 11.5 Å². The zero-order valence-corrected chi connectivity index (χ0v) is 19.1. The molecule has 1 aromatic heterocycles. The second kappa shape index (κ2) is 7.61. The number of rotatable bonds is 4. The van der Waals surface area contributed by atoms with Crippen LogP contribution in [0.25, 0.3) is 0 Å². The van der Waals surface area contributed by atoms with Gasteiger partial charge in [0.15, 0.2) is 16.6 Å².